The number of amides is 1. The molecule has 1 atom stereocenters. The Morgan fingerprint density at radius 1 is 1.38 bits per heavy atom. The molecule has 0 saturated carbocycles. The van der Waals surface area contributed by atoms with Gasteiger partial charge in [0.2, 0.25) is 0 Å². The molecule has 0 radical (unpaired) electrons. The van der Waals surface area contributed by atoms with Gasteiger partial charge in [-0.25, -0.2) is 17.6 Å². The summed E-state index contributed by atoms with van der Waals surface area (Å²) in [6, 6.07) is 3.42. The van der Waals surface area contributed by atoms with E-state index in [4.69, 9.17) is 4.74 Å². The first-order valence-corrected chi connectivity index (χ1v) is 10.8. The molecule has 0 aliphatic carbocycles. The SMILES string of the molecule is CC(C)CN(C(=O)COC(=O)c1cc(Br)ccc1F)C1CCS(=O)(=O)C1. The van der Waals surface area contributed by atoms with Crippen molar-refractivity contribution in [1.82, 2.24) is 4.90 Å². The van der Waals surface area contributed by atoms with E-state index in [-0.39, 0.29) is 23.0 Å². The Bertz CT molecular complexity index is 796. The minimum Gasteiger partial charge on any atom is -0.452 e. The molecule has 0 bridgehead atoms. The topological polar surface area (TPSA) is 80.8 Å². The summed E-state index contributed by atoms with van der Waals surface area (Å²) in [6.07, 6.45) is 0.370. The van der Waals surface area contributed by atoms with Crippen LogP contribution in [0.2, 0.25) is 0 Å². The van der Waals surface area contributed by atoms with Gasteiger partial charge in [0.25, 0.3) is 5.91 Å². The van der Waals surface area contributed by atoms with Crippen molar-refractivity contribution in [3.8, 4) is 0 Å². The van der Waals surface area contributed by atoms with Gasteiger partial charge in [-0.3, -0.25) is 4.79 Å². The molecule has 0 N–H and O–H groups in total. The zero-order chi connectivity index (χ0) is 19.5. The van der Waals surface area contributed by atoms with Crippen molar-refractivity contribution in [1.29, 1.82) is 0 Å². The van der Waals surface area contributed by atoms with E-state index in [9.17, 15) is 22.4 Å². The molecular formula is C17H21BrFNO5S. The van der Waals surface area contributed by atoms with E-state index in [1.165, 1.54) is 17.0 Å². The molecule has 0 aromatic heterocycles. The van der Waals surface area contributed by atoms with Gasteiger partial charge in [0.05, 0.1) is 17.1 Å². The molecule has 1 heterocycles. The molecule has 26 heavy (non-hydrogen) atoms. The number of esters is 1. The second-order valence-electron chi connectivity index (χ2n) is 6.70. The summed E-state index contributed by atoms with van der Waals surface area (Å²) in [4.78, 5) is 26.0. The number of nitrogens with zero attached hydrogens (tertiary/aromatic N) is 1. The summed E-state index contributed by atoms with van der Waals surface area (Å²) in [5.41, 5.74) is -0.272. The molecule has 1 aliphatic heterocycles. The predicted molar refractivity (Wildman–Crippen MR) is 98.0 cm³/mol. The first kappa shape index (κ1) is 20.8. The highest BCUT2D eigenvalue weighted by atomic mass is 79.9. The molecule has 1 aromatic carbocycles. The van der Waals surface area contributed by atoms with Gasteiger partial charge in [-0.2, -0.15) is 0 Å². The lowest BCUT2D eigenvalue weighted by atomic mass is 10.1. The van der Waals surface area contributed by atoms with Crippen LogP contribution in [0.25, 0.3) is 0 Å². The number of halogens is 2. The normalized spacial score (nSPS) is 18.7. The van der Waals surface area contributed by atoms with Crippen LogP contribution in [0.1, 0.15) is 30.6 Å². The van der Waals surface area contributed by atoms with E-state index >= 15 is 0 Å². The van der Waals surface area contributed by atoms with Crippen molar-refractivity contribution in [2.24, 2.45) is 5.92 Å². The molecular weight excluding hydrogens is 429 g/mol. The maximum Gasteiger partial charge on any atom is 0.341 e. The zero-order valence-corrected chi connectivity index (χ0v) is 17.0. The zero-order valence-electron chi connectivity index (χ0n) is 14.6. The first-order chi connectivity index (χ1) is 12.1. The van der Waals surface area contributed by atoms with Gasteiger partial charge in [-0.1, -0.05) is 29.8 Å². The minimum absolute atomic E-state index is 0.0442. The van der Waals surface area contributed by atoms with Gasteiger partial charge in [-0.15, -0.1) is 0 Å². The minimum atomic E-state index is -3.15. The summed E-state index contributed by atoms with van der Waals surface area (Å²) in [7, 11) is -3.15. The number of benzene rings is 1. The fourth-order valence-electron chi connectivity index (χ4n) is 2.81. The van der Waals surface area contributed by atoms with E-state index in [2.05, 4.69) is 15.9 Å². The van der Waals surface area contributed by atoms with Crippen LogP contribution in [0.3, 0.4) is 0 Å². The molecule has 1 aliphatic rings. The van der Waals surface area contributed by atoms with E-state index < -0.39 is 40.2 Å². The molecule has 1 amide bonds. The molecule has 1 unspecified atom stereocenters. The molecule has 2 rings (SSSR count). The van der Waals surface area contributed by atoms with Crippen LogP contribution in [-0.4, -0.2) is 55.9 Å². The van der Waals surface area contributed by atoms with Crippen molar-refractivity contribution < 1.29 is 27.1 Å². The van der Waals surface area contributed by atoms with E-state index in [0.29, 0.717) is 17.4 Å². The molecule has 9 heteroatoms. The predicted octanol–water partition coefficient (Wildman–Crippen LogP) is 2.42. The fourth-order valence-corrected chi connectivity index (χ4v) is 4.90. The molecule has 0 spiro atoms. The summed E-state index contributed by atoms with van der Waals surface area (Å²) in [6.45, 7) is 3.62. The molecule has 6 nitrogen and oxygen atoms in total. The summed E-state index contributed by atoms with van der Waals surface area (Å²) >= 11 is 3.14. The van der Waals surface area contributed by atoms with Crippen molar-refractivity contribution in [2.75, 3.05) is 24.7 Å². The quantitative estimate of drug-likeness (QED) is 0.622. The van der Waals surface area contributed by atoms with Crippen LogP contribution >= 0.6 is 15.9 Å². The number of carbonyl (C=O) groups excluding carboxylic acids is 2. The number of ether oxygens (including phenoxy) is 1. The number of rotatable bonds is 6. The lowest BCUT2D eigenvalue weighted by Crippen LogP contribution is -2.45. The largest absolute Gasteiger partial charge is 0.452 e. The second kappa shape index (κ2) is 8.47. The monoisotopic (exact) mass is 449 g/mol. The molecule has 1 aromatic rings. The van der Waals surface area contributed by atoms with Gasteiger partial charge >= 0.3 is 5.97 Å². The van der Waals surface area contributed by atoms with Crippen molar-refractivity contribution in [3.63, 3.8) is 0 Å². The highest BCUT2D eigenvalue weighted by Crippen LogP contribution is 2.20. The van der Waals surface area contributed by atoms with Crippen LogP contribution in [0.15, 0.2) is 22.7 Å². The lowest BCUT2D eigenvalue weighted by molar-refractivity contribution is -0.137. The molecule has 1 saturated heterocycles. The average Bonchev–Trinajstić information content (AvgIpc) is 2.91. The Labute approximate surface area is 160 Å². The Hall–Kier alpha value is -1.48. The number of hydrogen-bond donors (Lipinski definition) is 0. The third-order valence-electron chi connectivity index (χ3n) is 4.01. The molecule has 1 fully saturated rings. The van der Waals surface area contributed by atoms with Crippen molar-refractivity contribution >= 4 is 37.6 Å². The number of hydrogen-bond acceptors (Lipinski definition) is 5. The Kier molecular flexibility index (Phi) is 6.79. The van der Waals surface area contributed by atoms with E-state index in [1.54, 1.807) is 0 Å². The smallest absolute Gasteiger partial charge is 0.341 e. The lowest BCUT2D eigenvalue weighted by Gasteiger charge is -2.29. The highest BCUT2D eigenvalue weighted by Gasteiger charge is 2.35. The third kappa shape index (κ3) is 5.51. The standard InChI is InChI=1S/C17H21BrFNO5S/c1-11(2)8-20(13-5-6-26(23,24)10-13)16(21)9-25-17(22)14-7-12(18)3-4-15(14)19/h3-4,7,11,13H,5-6,8-10H2,1-2H3. The van der Waals surface area contributed by atoms with Crippen LogP contribution < -0.4 is 0 Å². The van der Waals surface area contributed by atoms with Gasteiger partial charge in [-0.05, 0) is 30.5 Å². The third-order valence-corrected chi connectivity index (χ3v) is 6.25. The summed E-state index contributed by atoms with van der Waals surface area (Å²) in [5, 5.41) is 0. The van der Waals surface area contributed by atoms with Crippen LogP contribution in [0.4, 0.5) is 4.39 Å². The number of carbonyl (C=O) groups is 2. The van der Waals surface area contributed by atoms with Crippen LogP contribution in [-0.2, 0) is 19.4 Å². The Balaban J connectivity index is 2.05. The van der Waals surface area contributed by atoms with Crippen LogP contribution in [0, 0.1) is 11.7 Å². The highest BCUT2D eigenvalue weighted by molar-refractivity contribution is 9.10. The Morgan fingerprint density at radius 3 is 2.65 bits per heavy atom. The van der Waals surface area contributed by atoms with Gasteiger partial charge in [0.1, 0.15) is 5.82 Å². The second-order valence-corrected chi connectivity index (χ2v) is 9.84. The average molecular weight is 450 g/mol. The Morgan fingerprint density at radius 2 is 2.08 bits per heavy atom. The first-order valence-electron chi connectivity index (χ1n) is 8.21. The van der Waals surface area contributed by atoms with E-state index in [1.807, 2.05) is 13.8 Å². The van der Waals surface area contributed by atoms with Crippen molar-refractivity contribution in [3.05, 3.63) is 34.1 Å². The number of sulfone groups is 1. The molecule has 144 valence electrons. The maximum absolute atomic E-state index is 13.7. The maximum atomic E-state index is 13.7. The summed E-state index contributed by atoms with van der Waals surface area (Å²) in [5.74, 6) is -2.08. The van der Waals surface area contributed by atoms with Crippen molar-refractivity contribution in [2.45, 2.75) is 26.3 Å². The van der Waals surface area contributed by atoms with Gasteiger partial charge in [0, 0.05) is 17.1 Å². The van der Waals surface area contributed by atoms with Crippen LogP contribution in [0.5, 0.6) is 0 Å². The fraction of sp³-hybridized carbons (Fsp3) is 0.529. The van der Waals surface area contributed by atoms with E-state index in [0.717, 1.165) is 6.07 Å². The van der Waals surface area contributed by atoms with Gasteiger partial charge < -0.3 is 9.64 Å². The summed E-state index contributed by atoms with van der Waals surface area (Å²) < 4.78 is 42.6. The van der Waals surface area contributed by atoms with Gasteiger partial charge in [0.15, 0.2) is 16.4 Å².